The van der Waals surface area contributed by atoms with E-state index in [0.717, 1.165) is 25.0 Å². The summed E-state index contributed by atoms with van der Waals surface area (Å²) in [6.07, 6.45) is 0. The van der Waals surface area contributed by atoms with Crippen LogP contribution >= 0.6 is 24.2 Å². The van der Waals surface area contributed by atoms with Crippen molar-refractivity contribution in [1.29, 1.82) is 0 Å². The van der Waals surface area contributed by atoms with Crippen molar-refractivity contribution in [2.24, 2.45) is 5.14 Å². The van der Waals surface area contributed by atoms with Crippen molar-refractivity contribution >= 4 is 28.5 Å². The molecular weight excluding hydrogens is 338 g/mol. The minimum Gasteiger partial charge on any atom is -0.348 e. The molecule has 0 aliphatic heterocycles. The third-order valence-corrected chi connectivity index (χ3v) is 3.80. The van der Waals surface area contributed by atoms with Gasteiger partial charge in [-0.05, 0) is 23.1 Å². The van der Waals surface area contributed by atoms with E-state index in [4.69, 9.17) is 17.4 Å². The molecule has 0 spiro atoms. The van der Waals surface area contributed by atoms with Gasteiger partial charge in [-0.2, -0.15) is 0 Å². The van der Waals surface area contributed by atoms with Crippen LogP contribution in [0, 0.1) is 0 Å². The van der Waals surface area contributed by atoms with Crippen LogP contribution in [-0.4, -0.2) is 9.22 Å². The Morgan fingerprint density at radius 3 is 1.65 bits per heavy atom. The SMILES string of the molecule is NSC(=S)N(Cc1ccccc1)Cc1ccccc1.[Zn]. The Hall–Kier alpha value is -0.737. The van der Waals surface area contributed by atoms with Gasteiger partial charge in [0.15, 0.2) is 4.32 Å². The van der Waals surface area contributed by atoms with Crippen LogP contribution in [0.25, 0.3) is 0 Å². The van der Waals surface area contributed by atoms with Crippen LogP contribution in [0.15, 0.2) is 60.7 Å². The monoisotopic (exact) mass is 352 g/mol. The molecule has 20 heavy (non-hydrogen) atoms. The van der Waals surface area contributed by atoms with Gasteiger partial charge in [0.2, 0.25) is 0 Å². The molecule has 2 nitrogen and oxygen atoms in total. The zero-order chi connectivity index (χ0) is 13.5. The van der Waals surface area contributed by atoms with Crippen molar-refractivity contribution in [1.82, 2.24) is 4.90 Å². The second-order valence-corrected chi connectivity index (χ2v) is 5.48. The van der Waals surface area contributed by atoms with E-state index in [1.54, 1.807) is 0 Å². The molecule has 100 valence electrons. The van der Waals surface area contributed by atoms with Gasteiger partial charge in [-0.3, -0.25) is 5.14 Å². The summed E-state index contributed by atoms with van der Waals surface area (Å²) in [6.45, 7) is 1.55. The molecular formula is C15H16N2S2Zn. The smallest absolute Gasteiger partial charge is 0.151 e. The van der Waals surface area contributed by atoms with E-state index in [2.05, 4.69) is 29.2 Å². The summed E-state index contributed by atoms with van der Waals surface area (Å²) in [7, 11) is 0. The molecule has 0 aromatic heterocycles. The first kappa shape index (κ1) is 17.3. The molecule has 0 atom stereocenters. The minimum absolute atomic E-state index is 0. The topological polar surface area (TPSA) is 29.3 Å². The van der Waals surface area contributed by atoms with Crippen LogP contribution in [0.2, 0.25) is 0 Å². The summed E-state index contributed by atoms with van der Waals surface area (Å²) in [5.41, 5.74) is 2.46. The summed E-state index contributed by atoms with van der Waals surface area (Å²) in [4.78, 5) is 2.12. The summed E-state index contributed by atoms with van der Waals surface area (Å²) >= 11 is 6.47. The standard InChI is InChI=1S/C15H16N2S2.Zn/c16-19-15(18)17(11-13-7-3-1-4-8-13)12-14-9-5-2-6-10-14;/h1-10H,11-12,16H2;. The number of thiocarbonyl (C=S) groups is 1. The molecule has 0 fully saturated rings. The number of rotatable bonds is 4. The number of hydrogen-bond acceptors (Lipinski definition) is 3. The van der Waals surface area contributed by atoms with Crippen molar-refractivity contribution in [2.75, 3.05) is 0 Å². The van der Waals surface area contributed by atoms with Crippen molar-refractivity contribution < 1.29 is 19.5 Å². The maximum Gasteiger partial charge on any atom is 0.151 e. The Bertz CT molecular complexity index is 478. The number of nitrogens with zero attached hydrogens (tertiary/aromatic N) is 1. The molecule has 5 heteroatoms. The van der Waals surface area contributed by atoms with Crippen LogP contribution in [-0.2, 0) is 32.6 Å². The van der Waals surface area contributed by atoms with E-state index in [1.807, 2.05) is 36.4 Å². The van der Waals surface area contributed by atoms with Gasteiger partial charge >= 0.3 is 0 Å². The Morgan fingerprint density at radius 1 is 0.900 bits per heavy atom. The van der Waals surface area contributed by atoms with Gasteiger partial charge in [-0.15, -0.1) is 0 Å². The van der Waals surface area contributed by atoms with Gasteiger partial charge < -0.3 is 4.90 Å². The molecule has 2 rings (SSSR count). The predicted molar refractivity (Wildman–Crippen MR) is 86.5 cm³/mol. The quantitative estimate of drug-likeness (QED) is 0.517. The van der Waals surface area contributed by atoms with Crippen LogP contribution in [0.5, 0.6) is 0 Å². The fraction of sp³-hybridized carbons (Fsp3) is 0.133. The minimum atomic E-state index is 0. The fourth-order valence-electron chi connectivity index (χ4n) is 1.87. The Labute approximate surface area is 142 Å². The molecule has 0 amide bonds. The van der Waals surface area contributed by atoms with Gasteiger partial charge in [0, 0.05) is 32.6 Å². The summed E-state index contributed by atoms with van der Waals surface area (Å²) in [6, 6.07) is 20.6. The molecule has 0 aliphatic rings. The molecule has 0 radical (unpaired) electrons. The summed E-state index contributed by atoms with van der Waals surface area (Å²) in [5.74, 6) is 0. The number of nitrogens with two attached hydrogens (primary N) is 1. The normalized spacial score (nSPS) is 9.65. The molecule has 2 N–H and O–H groups in total. The van der Waals surface area contributed by atoms with E-state index >= 15 is 0 Å². The Morgan fingerprint density at radius 2 is 1.30 bits per heavy atom. The Kier molecular flexibility index (Phi) is 8.00. The molecule has 0 saturated heterocycles. The second kappa shape index (κ2) is 9.25. The zero-order valence-corrected chi connectivity index (χ0v) is 15.8. The van der Waals surface area contributed by atoms with Gasteiger partial charge in [-0.1, -0.05) is 72.9 Å². The molecule has 0 saturated carbocycles. The molecule has 0 aliphatic carbocycles. The van der Waals surface area contributed by atoms with Crippen LogP contribution in [0.1, 0.15) is 11.1 Å². The second-order valence-electron chi connectivity index (χ2n) is 4.21. The first-order valence-corrected chi connectivity index (χ1v) is 7.32. The van der Waals surface area contributed by atoms with Crippen molar-refractivity contribution in [2.45, 2.75) is 13.1 Å². The number of hydrogen-bond donors (Lipinski definition) is 1. The van der Waals surface area contributed by atoms with Gasteiger partial charge in [-0.25, -0.2) is 0 Å². The average Bonchev–Trinajstić information content (AvgIpc) is 2.48. The van der Waals surface area contributed by atoms with Gasteiger partial charge in [0.25, 0.3) is 0 Å². The van der Waals surface area contributed by atoms with Crippen LogP contribution in [0.4, 0.5) is 0 Å². The maximum absolute atomic E-state index is 5.61. The Balaban J connectivity index is 0.00000200. The molecule has 2 aromatic carbocycles. The predicted octanol–water partition coefficient (Wildman–Crippen LogP) is 3.58. The first-order valence-electron chi connectivity index (χ1n) is 6.03. The van der Waals surface area contributed by atoms with E-state index in [-0.39, 0.29) is 19.5 Å². The summed E-state index contributed by atoms with van der Waals surface area (Å²) in [5, 5.41) is 5.61. The van der Waals surface area contributed by atoms with Gasteiger partial charge in [0.1, 0.15) is 0 Å². The van der Waals surface area contributed by atoms with E-state index in [0.29, 0.717) is 4.32 Å². The first-order chi connectivity index (χ1) is 9.29. The zero-order valence-electron chi connectivity index (χ0n) is 11.2. The molecule has 0 bridgehead atoms. The maximum atomic E-state index is 5.61. The summed E-state index contributed by atoms with van der Waals surface area (Å²) < 4.78 is 0.715. The van der Waals surface area contributed by atoms with Gasteiger partial charge in [0.05, 0.1) is 0 Å². The largest absolute Gasteiger partial charge is 0.348 e. The molecule has 0 heterocycles. The van der Waals surface area contributed by atoms with Crippen molar-refractivity contribution in [3.05, 3.63) is 71.8 Å². The van der Waals surface area contributed by atoms with E-state index in [1.165, 1.54) is 11.1 Å². The van der Waals surface area contributed by atoms with Crippen LogP contribution in [0.3, 0.4) is 0 Å². The fourth-order valence-corrected chi connectivity index (χ4v) is 2.27. The van der Waals surface area contributed by atoms with Crippen molar-refractivity contribution in [3.8, 4) is 0 Å². The molecule has 0 unspecified atom stereocenters. The average molecular weight is 354 g/mol. The van der Waals surface area contributed by atoms with E-state index < -0.39 is 0 Å². The van der Waals surface area contributed by atoms with Crippen LogP contribution < -0.4 is 5.14 Å². The molecule has 2 aromatic rings. The third kappa shape index (κ3) is 5.33. The van der Waals surface area contributed by atoms with Crippen molar-refractivity contribution in [3.63, 3.8) is 0 Å². The number of benzene rings is 2. The van der Waals surface area contributed by atoms with E-state index in [9.17, 15) is 0 Å². The third-order valence-electron chi connectivity index (χ3n) is 2.79.